The van der Waals surface area contributed by atoms with E-state index < -0.39 is 46.4 Å². The van der Waals surface area contributed by atoms with Crippen molar-refractivity contribution in [2.75, 3.05) is 0 Å². The Hall–Kier alpha value is -3.82. The molecule has 10 heteroatoms. The number of aromatic hydroxyl groups is 6. The predicted octanol–water partition coefficient (Wildman–Crippen LogP) is 1.60. The number of ether oxygens (including phenoxy) is 2. The van der Waals surface area contributed by atoms with Gasteiger partial charge in [-0.05, 0) is 6.42 Å². The Balaban J connectivity index is 1.82. The van der Waals surface area contributed by atoms with Crippen LogP contribution in [0, 0.1) is 0 Å². The van der Waals surface area contributed by atoms with E-state index in [0.29, 0.717) is 0 Å². The van der Waals surface area contributed by atoms with Gasteiger partial charge >= 0.3 is 11.9 Å². The molecule has 144 valence electrons. The van der Waals surface area contributed by atoms with Crippen molar-refractivity contribution in [2.45, 2.75) is 19.3 Å². The van der Waals surface area contributed by atoms with E-state index in [-0.39, 0.29) is 30.8 Å². The van der Waals surface area contributed by atoms with Crippen LogP contribution in [-0.2, 0) is 9.59 Å². The lowest BCUT2D eigenvalue weighted by Gasteiger charge is -2.08. The SMILES string of the molecule is O=C(CCCC(=O)Oc1cc(O)c(O)c(O)c1)Oc1cc(O)c(O)c(O)c1. The Morgan fingerprint density at radius 1 is 0.630 bits per heavy atom. The first-order valence-electron chi connectivity index (χ1n) is 7.58. The highest BCUT2D eigenvalue weighted by molar-refractivity contribution is 5.76. The molecular weight excluding hydrogens is 364 g/mol. The molecule has 6 N–H and O–H groups in total. The van der Waals surface area contributed by atoms with Crippen molar-refractivity contribution in [1.29, 1.82) is 0 Å². The van der Waals surface area contributed by atoms with Crippen molar-refractivity contribution in [3.05, 3.63) is 24.3 Å². The van der Waals surface area contributed by atoms with E-state index in [0.717, 1.165) is 24.3 Å². The van der Waals surface area contributed by atoms with Crippen molar-refractivity contribution >= 4 is 11.9 Å². The summed E-state index contributed by atoms with van der Waals surface area (Å²) in [4.78, 5) is 23.4. The molecule has 0 aliphatic rings. The highest BCUT2D eigenvalue weighted by Gasteiger charge is 2.14. The first-order valence-corrected chi connectivity index (χ1v) is 7.58. The molecule has 0 spiro atoms. The number of esters is 2. The number of phenolic OH excluding ortho intramolecular Hbond substituents is 6. The molecule has 0 saturated heterocycles. The zero-order chi connectivity index (χ0) is 20.1. The van der Waals surface area contributed by atoms with Crippen LogP contribution < -0.4 is 9.47 Å². The van der Waals surface area contributed by atoms with E-state index in [1.54, 1.807) is 0 Å². The Kier molecular flexibility index (Phi) is 5.81. The smallest absolute Gasteiger partial charge is 0.311 e. The Bertz CT molecular complexity index is 757. The molecule has 0 aliphatic heterocycles. The zero-order valence-corrected chi connectivity index (χ0v) is 13.7. The summed E-state index contributed by atoms with van der Waals surface area (Å²) in [6.45, 7) is 0. The minimum absolute atomic E-state index is 0.0454. The van der Waals surface area contributed by atoms with E-state index in [1.807, 2.05) is 0 Å². The lowest BCUT2D eigenvalue weighted by atomic mass is 10.2. The molecule has 2 aromatic rings. The van der Waals surface area contributed by atoms with Crippen LogP contribution in [0.4, 0.5) is 0 Å². The molecule has 0 bridgehead atoms. The molecule has 2 rings (SSSR count). The standard InChI is InChI=1S/C17H16O10/c18-10-4-8(5-11(19)16(10)24)26-14(22)2-1-3-15(23)27-9-6-12(20)17(25)13(21)7-9/h4-7,18-21,24-25H,1-3H2. The average molecular weight is 380 g/mol. The quantitative estimate of drug-likeness (QED) is 0.245. The Morgan fingerprint density at radius 2 is 0.926 bits per heavy atom. The number of carbonyl (C=O) groups excluding carboxylic acids is 2. The van der Waals surface area contributed by atoms with Crippen molar-refractivity contribution in [3.63, 3.8) is 0 Å². The molecule has 0 aromatic heterocycles. The maximum atomic E-state index is 11.7. The van der Waals surface area contributed by atoms with E-state index in [9.17, 15) is 40.2 Å². The lowest BCUT2D eigenvalue weighted by molar-refractivity contribution is -0.136. The van der Waals surface area contributed by atoms with Gasteiger partial charge in [-0.2, -0.15) is 0 Å². The van der Waals surface area contributed by atoms with Gasteiger partial charge in [0.05, 0.1) is 0 Å². The van der Waals surface area contributed by atoms with Crippen LogP contribution in [0.2, 0.25) is 0 Å². The van der Waals surface area contributed by atoms with Crippen molar-refractivity contribution in [1.82, 2.24) is 0 Å². The van der Waals surface area contributed by atoms with E-state index in [1.165, 1.54) is 0 Å². The van der Waals surface area contributed by atoms with Gasteiger partial charge in [0, 0.05) is 37.1 Å². The van der Waals surface area contributed by atoms with Crippen molar-refractivity contribution in [3.8, 4) is 46.0 Å². The summed E-state index contributed by atoms with van der Waals surface area (Å²) >= 11 is 0. The summed E-state index contributed by atoms with van der Waals surface area (Å²) < 4.78 is 9.72. The van der Waals surface area contributed by atoms with E-state index in [4.69, 9.17) is 9.47 Å². The third-order valence-electron chi connectivity index (χ3n) is 3.31. The van der Waals surface area contributed by atoms with Crippen molar-refractivity contribution < 1.29 is 49.7 Å². The zero-order valence-electron chi connectivity index (χ0n) is 13.7. The summed E-state index contributed by atoms with van der Waals surface area (Å²) in [5.74, 6) is -6.05. The second kappa shape index (κ2) is 8.04. The molecule has 0 radical (unpaired) electrons. The maximum absolute atomic E-state index is 11.7. The first-order chi connectivity index (χ1) is 12.7. The molecule has 27 heavy (non-hydrogen) atoms. The molecule has 0 aliphatic carbocycles. The third kappa shape index (κ3) is 5.08. The highest BCUT2D eigenvalue weighted by Crippen LogP contribution is 2.39. The summed E-state index contributed by atoms with van der Waals surface area (Å²) in [6, 6.07) is 3.74. The number of hydrogen-bond acceptors (Lipinski definition) is 10. The van der Waals surface area contributed by atoms with Crippen LogP contribution in [0.15, 0.2) is 24.3 Å². The second-order valence-corrected chi connectivity index (χ2v) is 5.42. The number of benzene rings is 2. The summed E-state index contributed by atoms with van der Waals surface area (Å²) in [5.41, 5.74) is 0. The molecule has 0 atom stereocenters. The van der Waals surface area contributed by atoms with Gasteiger partial charge in [-0.25, -0.2) is 0 Å². The minimum Gasteiger partial charge on any atom is -0.504 e. The largest absolute Gasteiger partial charge is 0.504 e. The molecule has 0 heterocycles. The fourth-order valence-electron chi connectivity index (χ4n) is 2.02. The molecule has 0 unspecified atom stereocenters. The molecule has 0 fully saturated rings. The first kappa shape index (κ1) is 19.5. The van der Waals surface area contributed by atoms with Crippen LogP contribution in [0.25, 0.3) is 0 Å². The van der Waals surface area contributed by atoms with Gasteiger partial charge in [0.1, 0.15) is 11.5 Å². The van der Waals surface area contributed by atoms with Gasteiger partial charge < -0.3 is 40.1 Å². The van der Waals surface area contributed by atoms with Gasteiger partial charge in [-0.3, -0.25) is 9.59 Å². The summed E-state index contributed by atoms with van der Waals surface area (Å²) in [5, 5.41) is 55.7. The predicted molar refractivity (Wildman–Crippen MR) is 88.0 cm³/mol. The fraction of sp³-hybridized carbons (Fsp3) is 0.176. The van der Waals surface area contributed by atoms with Crippen LogP contribution in [-0.4, -0.2) is 42.6 Å². The molecule has 2 aromatic carbocycles. The molecular formula is C17H16O10. The molecule has 10 nitrogen and oxygen atoms in total. The highest BCUT2D eigenvalue weighted by atomic mass is 16.5. The molecule has 0 amide bonds. The summed E-state index contributed by atoms with van der Waals surface area (Å²) in [7, 11) is 0. The minimum atomic E-state index is -0.757. The van der Waals surface area contributed by atoms with Gasteiger partial charge in [-0.1, -0.05) is 0 Å². The van der Waals surface area contributed by atoms with Crippen LogP contribution in [0.1, 0.15) is 19.3 Å². The van der Waals surface area contributed by atoms with Gasteiger partial charge in [-0.15, -0.1) is 0 Å². The van der Waals surface area contributed by atoms with Crippen LogP contribution in [0.5, 0.6) is 46.0 Å². The number of phenols is 6. The van der Waals surface area contributed by atoms with E-state index >= 15 is 0 Å². The number of rotatable bonds is 6. The number of hydrogen-bond donors (Lipinski definition) is 6. The fourth-order valence-corrected chi connectivity index (χ4v) is 2.02. The van der Waals surface area contributed by atoms with E-state index in [2.05, 4.69) is 0 Å². The van der Waals surface area contributed by atoms with Gasteiger partial charge in [0.15, 0.2) is 23.0 Å². The number of carbonyl (C=O) groups is 2. The Morgan fingerprint density at radius 3 is 1.22 bits per heavy atom. The van der Waals surface area contributed by atoms with Crippen LogP contribution >= 0.6 is 0 Å². The second-order valence-electron chi connectivity index (χ2n) is 5.42. The topological polar surface area (TPSA) is 174 Å². The van der Waals surface area contributed by atoms with Crippen molar-refractivity contribution in [2.24, 2.45) is 0 Å². The average Bonchev–Trinajstić information content (AvgIpc) is 2.57. The van der Waals surface area contributed by atoms with Gasteiger partial charge in [0.2, 0.25) is 11.5 Å². The summed E-state index contributed by atoms with van der Waals surface area (Å²) in [6.07, 6.45) is -0.336. The maximum Gasteiger partial charge on any atom is 0.311 e. The molecule has 0 saturated carbocycles. The van der Waals surface area contributed by atoms with Gasteiger partial charge in [0.25, 0.3) is 0 Å². The third-order valence-corrected chi connectivity index (χ3v) is 3.31. The monoisotopic (exact) mass is 380 g/mol. The Labute approximate surface area is 152 Å². The normalized spacial score (nSPS) is 10.4. The van der Waals surface area contributed by atoms with Crippen LogP contribution in [0.3, 0.4) is 0 Å². The lowest BCUT2D eigenvalue weighted by Crippen LogP contribution is -2.11.